The fourth-order valence-corrected chi connectivity index (χ4v) is 1.94. The van der Waals surface area contributed by atoms with E-state index < -0.39 is 0 Å². The number of carbonyl (C=O) groups is 1. The van der Waals surface area contributed by atoms with Crippen LogP contribution in [0.1, 0.15) is 12.8 Å². The third kappa shape index (κ3) is 1.62. The molecule has 58 valence electrons. The molecule has 2 nitrogen and oxygen atoms in total. The third-order valence-corrected chi connectivity index (χ3v) is 3.23. The number of ether oxygens (including phenoxy) is 1. The van der Waals surface area contributed by atoms with Gasteiger partial charge in [-0.25, -0.2) is 0 Å². The van der Waals surface area contributed by atoms with Crippen LogP contribution in [-0.2, 0) is 9.53 Å². The maximum absolute atomic E-state index is 10.8. The molecule has 0 aromatic heterocycles. The summed E-state index contributed by atoms with van der Waals surface area (Å²) in [4.78, 5) is 10.8. The minimum absolute atomic E-state index is 0.0268. The van der Waals surface area contributed by atoms with E-state index in [9.17, 15) is 4.79 Å². The Morgan fingerprint density at radius 3 is 2.70 bits per heavy atom. The zero-order valence-corrected chi connectivity index (χ0v) is 8.13. The average Bonchev–Trinajstić information content (AvgIpc) is 1.85. The molecule has 0 heterocycles. The summed E-state index contributed by atoms with van der Waals surface area (Å²) in [5.41, 5.74) is 0. The second-order valence-corrected chi connectivity index (χ2v) is 3.59. The summed E-state index contributed by atoms with van der Waals surface area (Å²) in [7, 11) is 1.46. The molecule has 0 bridgehead atoms. The van der Waals surface area contributed by atoms with Gasteiger partial charge in [-0.2, -0.15) is 0 Å². The second kappa shape index (κ2) is 3.55. The summed E-state index contributed by atoms with van der Waals surface area (Å²) in [5, 5.41) is 0. The van der Waals surface area contributed by atoms with Crippen LogP contribution in [0.15, 0.2) is 0 Å². The summed E-state index contributed by atoms with van der Waals surface area (Å²) in [6.07, 6.45) is 2.07. The zero-order chi connectivity index (χ0) is 7.56. The molecule has 10 heavy (non-hydrogen) atoms. The van der Waals surface area contributed by atoms with E-state index in [1.165, 1.54) is 11.5 Å². The number of halogens is 1. The van der Waals surface area contributed by atoms with Crippen LogP contribution in [0.25, 0.3) is 0 Å². The molecule has 0 amide bonds. The van der Waals surface area contributed by atoms with E-state index >= 15 is 0 Å². The average molecular weight is 254 g/mol. The Balaban J connectivity index is 2.19. The molecule has 0 unspecified atom stereocenters. The van der Waals surface area contributed by atoms with Gasteiger partial charge in [0.05, 0.1) is 13.0 Å². The monoisotopic (exact) mass is 254 g/mol. The minimum Gasteiger partial charge on any atom is -0.469 e. The van der Waals surface area contributed by atoms with Crippen molar-refractivity contribution < 1.29 is 9.53 Å². The van der Waals surface area contributed by atoms with Gasteiger partial charge in [0.1, 0.15) is 0 Å². The molecule has 0 aromatic rings. The lowest BCUT2D eigenvalue weighted by Crippen LogP contribution is -2.31. The van der Waals surface area contributed by atoms with Crippen molar-refractivity contribution in [3.8, 4) is 0 Å². The first-order valence-corrected chi connectivity index (χ1v) is 4.94. The van der Waals surface area contributed by atoms with Crippen molar-refractivity contribution >= 4 is 28.6 Å². The van der Waals surface area contributed by atoms with Gasteiger partial charge in [0.15, 0.2) is 0 Å². The molecule has 0 aromatic carbocycles. The van der Waals surface area contributed by atoms with Gasteiger partial charge in [0.2, 0.25) is 0 Å². The summed E-state index contributed by atoms with van der Waals surface area (Å²) >= 11 is 2.36. The highest BCUT2D eigenvalue weighted by atomic mass is 127. The molecular weight excluding hydrogens is 243 g/mol. The molecule has 1 aliphatic rings. The maximum atomic E-state index is 10.8. The van der Waals surface area contributed by atoms with E-state index in [1.807, 2.05) is 0 Å². The van der Waals surface area contributed by atoms with Crippen molar-refractivity contribution in [3.05, 3.63) is 0 Å². The Labute approximate surface area is 74.5 Å². The third-order valence-electron chi connectivity index (χ3n) is 1.99. The van der Waals surface area contributed by atoms with Crippen LogP contribution < -0.4 is 0 Å². The molecule has 0 aliphatic heterocycles. The topological polar surface area (TPSA) is 26.3 Å². The summed E-state index contributed by atoms with van der Waals surface area (Å²) < 4.78 is 5.78. The van der Waals surface area contributed by atoms with Crippen molar-refractivity contribution in [2.75, 3.05) is 11.5 Å². The summed E-state index contributed by atoms with van der Waals surface area (Å²) in [5.74, 6) is 0.954. The van der Waals surface area contributed by atoms with Gasteiger partial charge in [-0.1, -0.05) is 22.6 Å². The summed E-state index contributed by atoms with van der Waals surface area (Å²) in [6, 6.07) is 0. The molecule has 1 aliphatic carbocycles. The fraction of sp³-hybridized carbons (Fsp3) is 0.857. The Kier molecular flexibility index (Phi) is 2.95. The lowest BCUT2D eigenvalue weighted by molar-refractivity contribution is -0.149. The van der Waals surface area contributed by atoms with Gasteiger partial charge in [0.25, 0.3) is 0 Å². The van der Waals surface area contributed by atoms with Crippen LogP contribution in [0.3, 0.4) is 0 Å². The van der Waals surface area contributed by atoms with Crippen LogP contribution in [0.4, 0.5) is 0 Å². The largest absolute Gasteiger partial charge is 0.469 e. The van der Waals surface area contributed by atoms with Crippen LogP contribution in [0, 0.1) is 11.8 Å². The molecule has 0 atom stereocenters. The Bertz CT molecular complexity index is 130. The van der Waals surface area contributed by atoms with E-state index in [2.05, 4.69) is 27.3 Å². The van der Waals surface area contributed by atoms with Gasteiger partial charge in [-0.05, 0) is 18.8 Å². The predicted molar refractivity (Wildman–Crippen MR) is 47.1 cm³/mol. The molecular formula is C7H11IO2. The predicted octanol–water partition coefficient (Wildman–Crippen LogP) is 1.62. The molecule has 0 radical (unpaired) electrons. The minimum atomic E-state index is -0.0268. The molecule has 1 fully saturated rings. The maximum Gasteiger partial charge on any atom is 0.308 e. The molecule has 3 heteroatoms. The van der Waals surface area contributed by atoms with Crippen molar-refractivity contribution in [2.24, 2.45) is 11.8 Å². The first-order valence-electron chi connectivity index (χ1n) is 3.41. The second-order valence-electron chi connectivity index (χ2n) is 2.71. The number of esters is 1. The van der Waals surface area contributed by atoms with E-state index in [-0.39, 0.29) is 11.9 Å². The van der Waals surface area contributed by atoms with Crippen LogP contribution in [-0.4, -0.2) is 17.5 Å². The first kappa shape index (κ1) is 8.30. The van der Waals surface area contributed by atoms with Crippen LogP contribution in [0.5, 0.6) is 0 Å². The van der Waals surface area contributed by atoms with Gasteiger partial charge in [-0.15, -0.1) is 0 Å². The van der Waals surface area contributed by atoms with Gasteiger partial charge in [-0.3, -0.25) is 4.79 Å². The highest BCUT2D eigenvalue weighted by Crippen LogP contribution is 2.35. The van der Waals surface area contributed by atoms with Crippen LogP contribution >= 0.6 is 22.6 Å². The number of carbonyl (C=O) groups excluding carboxylic acids is 1. The van der Waals surface area contributed by atoms with E-state index in [0.717, 1.165) is 18.8 Å². The van der Waals surface area contributed by atoms with Gasteiger partial charge < -0.3 is 4.74 Å². The first-order chi connectivity index (χ1) is 4.77. The number of hydrogen-bond acceptors (Lipinski definition) is 2. The van der Waals surface area contributed by atoms with E-state index in [4.69, 9.17) is 0 Å². The highest BCUT2D eigenvalue weighted by Gasteiger charge is 2.34. The quantitative estimate of drug-likeness (QED) is 0.425. The standard InChI is InChI=1S/C7H11IO2/c1-10-7(9)6-2-5(3-6)4-8/h5-6H,2-4H2,1H3. The zero-order valence-electron chi connectivity index (χ0n) is 5.97. The molecule has 0 N–H and O–H groups in total. The normalized spacial score (nSPS) is 31.0. The molecule has 0 spiro atoms. The molecule has 1 rings (SSSR count). The van der Waals surface area contributed by atoms with E-state index in [0.29, 0.717) is 0 Å². The lowest BCUT2D eigenvalue weighted by Gasteiger charge is -2.31. The molecule has 0 saturated heterocycles. The number of hydrogen-bond donors (Lipinski definition) is 0. The van der Waals surface area contributed by atoms with Crippen molar-refractivity contribution in [1.29, 1.82) is 0 Å². The lowest BCUT2D eigenvalue weighted by atomic mass is 9.76. The van der Waals surface area contributed by atoms with Gasteiger partial charge >= 0.3 is 5.97 Å². The van der Waals surface area contributed by atoms with Crippen molar-refractivity contribution in [1.82, 2.24) is 0 Å². The SMILES string of the molecule is COC(=O)C1CC(CI)C1. The molecule has 1 saturated carbocycles. The Morgan fingerprint density at radius 1 is 1.70 bits per heavy atom. The van der Waals surface area contributed by atoms with Crippen molar-refractivity contribution in [2.45, 2.75) is 12.8 Å². The fourth-order valence-electron chi connectivity index (χ4n) is 1.22. The number of alkyl halides is 1. The summed E-state index contributed by atoms with van der Waals surface area (Å²) in [6.45, 7) is 0. The number of rotatable bonds is 2. The van der Waals surface area contributed by atoms with E-state index in [1.54, 1.807) is 0 Å². The van der Waals surface area contributed by atoms with Crippen LogP contribution in [0.2, 0.25) is 0 Å². The smallest absolute Gasteiger partial charge is 0.308 e. The Morgan fingerprint density at radius 2 is 2.30 bits per heavy atom. The number of methoxy groups -OCH3 is 1. The Hall–Kier alpha value is 0.200. The van der Waals surface area contributed by atoms with Gasteiger partial charge in [0, 0.05) is 4.43 Å². The van der Waals surface area contributed by atoms with Crippen molar-refractivity contribution in [3.63, 3.8) is 0 Å². The highest BCUT2D eigenvalue weighted by molar-refractivity contribution is 14.1.